The molecular weight excluding hydrogens is 348 g/mol. The fraction of sp³-hybridized carbons (Fsp3) is 0.438. The van der Waals surface area contributed by atoms with Crippen LogP contribution in [-0.4, -0.2) is 57.4 Å². The van der Waals surface area contributed by atoms with Crippen LogP contribution >= 0.6 is 23.1 Å². The second-order valence-electron chi connectivity index (χ2n) is 4.79. The summed E-state index contributed by atoms with van der Waals surface area (Å²) in [5, 5.41) is 14.8. The van der Waals surface area contributed by atoms with E-state index in [9.17, 15) is 0 Å². The highest BCUT2D eigenvalue weighted by molar-refractivity contribution is 8.01. The van der Waals surface area contributed by atoms with Gasteiger partial charge in [0.1, 0.15) is 0 Å². The Hall–Kier alpha value is -1.64. The standard InChI is InChI=1S/C14H20N2S2.C2H2O4/c1-3-16(4-2)10-7-11-17-14-15-12-8-5-6-9-13(12)18-14;3-1(4)2(5)6/h5-6,8-9H,3-4,7,10-11H2,1-2H3;(H,3,4)(H,5,6). The third-order valence-corrected chi connectivity index (χ3v) is 5.46. The number of hydrogen-bond acceptors (Lipinski definition) is 6. The molecule has 24 heavy (non-hydrogen) atoms. The molecule has 0 aliphatic heterocycles. The molecule has 6 nitrogen and oxygen atoms in total. The van der Waals surface area contributed by atoms with Crippen LogP contribution in [0.2, 0.25) is 0 Å². The van der Waals surface area contributed by atoms with Crippen LogP contribution in [0.3, 0.4) is 0 Å². The van der Waals surface area contributed by atoms with Crippen LogP contribution < -0.4 is 0 Å². The van der Waals surface area contributed by atoms with Crippen molar-refractivity contribution in [2.45, 2.75) is 24.6 Å². The monoisotopic (exact) mass is 370 g/mol. The Kier molecular flexibility index (Phi) is 9.36. The van der Waals surface area contributed by atoms with Crippen LogP contribution in [0.5, 0.6) is 0 Å². The summed E-state index contributed by atoms with van der Waals surface area (Å²) in [6.45, 7) is 7.96. The smallest absolute Gasteiger partial charge is 0.414 e. The largest absolute Gasteiger partial charge is 0.473 e. The molecule has 8 heteroatoms. The van der Waals surface area contributed by atoms with Gasteiger partial charge in [-0.15, -0.1) is 11.3 Å². The zero-order valence-corrected chi connectivity index (χ0v) is 15.4. The van der Waals surface area contributed by atoms with Gasteiger partial charge in [0.05, 0.1) is 10.2 Å². The van der Waals surface area contributed by atoms with Crippen molar-refractivity contribution in [3.05, 3.63) is 24.3 Å². The van der Waals surface area contributed by atoms with Crippen LogP contribution in [0, 0.1) is 0 Å². The zero-order chi connectivity index (χ0) is 17.9. The number of carbonyl (C=O) groups is 2. The molecule has 0 fully saturated rings. The zero-order valence-electron chi connectivity index (χ0n) is 13.8. The molecule has 0 saturated carbocycles. The van der Waals surface area contributed by atoms with Gasteiger partial charge in [-0.2, -0.15) is 0 Å². The van der Waals surface area contributed by atoms with Crippen molar-refractivity contribution in [2.24, 2.45) is 0 Å². The van der Waals surface area contributed by atoms with E-state index >= 15 is 0 Å². The predicted molar refractivity (Wildman–Crippen MR) is 98.0 cm³/mol. The molecule has 132 valence electrons. The van der Waals surface area contributed by atoms with Gasteiger partial charge in [0.25, 0.3) is 0 Å². The number of thiazole rings is 1. The van der Waals surface area contributed by atoms with Gasteiger partial charge in [-0.25, -0.2) is 14.6 Å². The van der Waals surface area contributed by atoms with Gasteiger partial charge in [-0.05, 0) is 38.2 Å². The summed E-state index contributed by atoms with van der Waals surface area (Å²) < 4.78 is 2.50. The topological polar surface area (TPSA) is 90.7 Å². The molecule has 0 amide bonds. The van der Waals surface area contributed by atoms with Gasteiger partial charge in [0, 0.05) is 5.75 Å². The highest BCUT2D eigenvalue weighted by Gasteiger charge is 2.05. The maximum Gasteiger partial charge on any atom is 0.414 e. The maximum atomic E-state index is 9.10. The summed E-state index contributed by atoms with van der Waals surface area (Å²) in [6.07, 6.45) is 1.24. The van der Waals surface area contributed by atoms with Crippen LogP contribution in [0.4, 0.5) is 0 Å². The quantitative estimate of drug-likeness (QED) is 0.439. The SMILES string of the molecule is CCN(CC)CCCSc1nc2ccccc2s1.O=C(O)C(=O)O. The van der Waals surface area contributed by atoms with Crippen LogP contribution in [0.1, 0.15) is 20.3 Å². The minimum atomic E-state index is -1.82. The van der Waals surface area contributed by atoms with Crippen molar-refractivity contribution in [3.63, 3.8) is 0 Å². The molecule has 1 aromatic heterocycles. The molecule has 1 aromatic carbocycles. The summed E-state index contributed by atoms with van der Waals surface area (Å²) in [4.78, 5) is 25.3. The van der Waals surface area contributed by atoms with Gasteiger partial charge < -0.3 is 15.1 Å². The first-order valence-electron chi connectivity index (χ1n) is 7.64. The Labute approximate surface area is 149 Å². The van der Waals surface area contributed by atoms with E-state index in [1.807, 2.05) is 11.8 Å². The van der Waals surface area contributed by atoms with E-state index < -0.39 is 11.9 Å². The molecule has 2 N–H and O–H groups in total. The Bertz CT molecular complexity index is 611. The molecule has 0 radical (unpaired) electrons. The average Bonchev–Trinajstić information content (AvgIpc) is 2.98. The van der Waals surface area contributed by atoms with Crippen LogP contribution in [0.15, 0.2) is 28.6 Å². The molecule has 0 bridgehead atoms. The first-order chi connectivity index (χ1) is 11.5. The third kappa shape index (κ3) is 7.29. The van der Waals surface area contributed by atoms with Crippen molar-refractivity contribution in [1.29, 1.82) is 0 Å². The fourth-order valence-electron chi connectivity index (χ4n) is 1.90. The highest BCUT2D eigenvalue weighted by atomic mass is 32.2. The number of rotatable bonds is 7. The van der Waals surface area contributed by atoms with E-state index in [1.165, 1.54) is 22.0 Å². The van der Waals surface area contributed by atoms with E-state index in [0.717, 1.165) is 24.4 Å². The van der Waals surface area contributed by atoms with Crippen molar-refractivity contribution in [1.82, 2.24) is 9.88 Å². The molecule has 0 unspecified atom stereocenters. The highest BCUT2D eigenvalue weighted by Crippen LogP contribution is 2.29. The molecule has 2 rings (SSSR count). The van der Waals surface area contributed by atoms with E-state index in [1.54, 1.807) is 11.3 Å². The molecule has 0 spiro atoms. The Morgan fingerprint density at radius 3 is 2.33 bits per heavy atom. The minimum absolute atomic E-state index is 1.13. The lowest BCUT2D eigenvalue weighted by Gasteiger charge is -2.16. The van der Waals surface area contributed by atoms with E-state index in [2.05, 4.69) is 48.0 Å². The number of thioether (sulfide) groups is 1. The molecule has 0 atom stereocenters. The van der Waals surface area contributed by atoms with Crippen molar-refractivity contribution < 1.29 is 19.8 Å². The van der Waals surface area contributed by atoms with E-state index in [-0.39, 0.29) is 0 Å². The van der Waals surface area contributed by atoms with E-state index in [4.69, 9.17) is 19.8 Å². The lowest BCUT2D eigenvalue weighted by molar-refractivity contribution is -0.159. The first-order valence-corrected chi connectivity index (χ1v) is 9.45. The van der Waals surface area contributed by atoms with Crippen LogP contribution in [0.25, 0.3) is 10.2 Å². The molecular formula is C16H22N2O4S2. The summed E-state index contributed by atoms with van der Waals surface area (Å²) in [5.74, 6) is -2.49. The molecule has 0 saturated heterocycles. The number of hydrogen-bond donors (Lipinski definition) is 2. The first kappa shape index (κ1) is 20.4. The molecule has 0 aliphatic carbocycles. The number of aromatic nitrogens is 1. The number of nitrogens with zero attached hydrogens (tertiary/aromatic N) is 2. The third-order valence-electron chi connectivity index (χ3n) is 3.20. The Morgan fingerprint density at radius 2 is 1.79 bits per heavy atom. The summed E-state index contributed by atoms with van der Waals surface area (Å²) in [6, 6.07) is 8.37. The summed E-state index contributed by atoms with van der Waals surface area (Å²) in [7, 11) is 0. The van der Waals surface area contributed by atoms with Crippen molar-refractivity contribution >= 4 is 45.3 Å². The number of carboxylic acids is 2. The number of carboxylic acid groups (broad SMARTS) is 2. The molecule has 0 aliphatic rings. The van der Waals surface area contributed by atoms with E-state index in [0.29, 0.717) is 0 Å². The molecule has 1 heterocycles. The maximum absolute atomic E-state index is 9.10. The van der Waals surface area contributed by atoms with Gasteiger partial charge >= 0.3 is 11.9 Å². The lowest BCUT2D eigenvalue weighted by atomic mass is 10.3. The van der Waals surface area contributed by atoms with Crippen molar-refractivity contribution in [2.75, 3.05) is 25.4 Å². The summed E-state index contributed by atoms with van der Waals surface area (Å²) in [5.41, 5.74) is 1.13. The number of aliphatic carboxylic acids is 2. The number of para-hydroxylation sites is 1. The van der Waals surface area contributed by atoms with Gasteiger partial charge in [0.15, 0.2) is 4.34 Å². The normalized spacial score (nSPS) is 10.5. The molecule has 2 aromatic rings. The van der Waals surface area contributed by atoms with Gasteiger partial charge in [-0.1, -0.05) is 37.7 Å². The Morgan fingerprint density at radius 1 is 1.17 bits per heavy atom. The van der Waals surface area contributed by atoms with Crippen molar-refractivity contribution in [3.8, 4) is 0 Å². The fourth-order valence-corrected chi connectivity index (χ4v) is 3.96. The average molecular weight is 370 g/mol. The van der Waals surface area contributed by atoms with Gasteiger partial charge in [0.2, 0.25) is 0 Å². The Balaban J connectivity index is 0.000000413. The predicted octanol–water partition coefficient (Wildman–Crippen LogP) is 3.28. The lowest BCUT2D eigenvalue weighted by Crippen LogP contribution is -2.24. The second-order valence-corrected chi connectivity index (χ2v) is 7.16. The number of fused-ring (bicyclic) bond motifs is 1. The van der Waals surface area contributed by atoms with Gasteiger partial charge in [-0.3, -0.25) is 0 Å². The van der Waals surface area contributed by atoms with Crippen LogP contribution in [-0.2, 0) is 9.59 Å². The second kappa shape index (κ2) is 11.0. The summed E-state index contributed by atoms with van der Waals surface area (Å²) >= 11 is 3.70. The number of benzene rings is 1. The minimum Gasteiger partial charge on any atom is -0.473 e.